The number of hydrogen-bond acceptors (Lipinski definition) is 7. The predicted molar refractivity (Wildman–Crippen MR) is 77.2 cm³/mol. The van der Waals surface area contributed by atoms with Crippen molar-refractivity contribution in [2.75, 3.05) is 11.1 Å². The number of amides is 1. The van der Waals surface area contributed by atoms with Gasteiger partial charge in [0.1, 0.15) is 5.82 Å². The van der Waals surface area contributed by atoms with Gasteiger partial charge < -0.3 is 11.1 Å². The number of nitrogens with two attached hydrogens (primary N) is 1. The minimum Gasteiger partial charge on any atom is -0.374 e. The molecule has 0 aliphatic rings. The van der Waals surface area contributed by atoms with Crippen LogP contribution in [0.15, 0.2) is 22.5 Å². The number of nitrogen functional groups attached to an aromatic ring is 1. The maximum absolute atomic E-state index is 12.0. The fourth-order valence-electron chi connectivity index (χ4n) is 1.31. The molecule has 0 aliphatic heterocycles. The second-order valence-electron chi connectivity index (χ2n) is 3.82. The van der Waals surface area contributed by atoms with E-state index in [1.807, 2.05) is 19.1 Å². The number of hydrogen-bond donors (Lipinski definition) is 2. The van der Waals surface area contributed by atoms with Gasteiger partial charge in [0.05, 0.1) is 5.25 Å². The van der Waals surface area contributed by atoms with Crippen LogP contribution in [0.3, 0.4) is 0 Å². The van der Waals surface area contributed by atoms with Gasteiger partial charge in [0.2, 0.25) is 11.0 Å². The number of thioether (sulfide) groups is 1. The highest BCUT2D eigenvalue weighted by molar-refractivity contribution is 8.02. The van der Waals surface area contributed by atoms with E-state index in [-0.39, 0.29) is 11.2 Å². The molecule has 0 aromatic carbocycles. The first-order chi connectivity index (χ1) is 9.04. The molecule has 1 amide bonds. The number of aryl methyl sites for hydroxylation is 1. The van der Waals surface area contributed by atoms with Gasteiger partial charge in [-0.1, -0.05) is 29.2 Å². The van der Waals surface area contributed by atoms with E-state index in [0.717, 1.165) is 5.69 Å². The lowest BCUT2D eigenvalue weighted by Crippen LogP contribution is -2.23. The summed E-state index contributed by atoms with van der Waals surface area (Å²) in [5.41, 5.74) is 6.35. The van der Waals surface area contributed by atoms with Gasteiger partial charge in [-0.2, -0.15) is 0 Å². The smallest absolute Gasteiger partial charge is 0.238 e. The molecule has 100 valence electrons. The third-order valence-electron chi connectivity index (χ3n) is 2.21. The number of nitrogens with one attached hydrogen (secondary N) is 1. The van der Waals surface area contributed by atoms with Gasteiger partial charge in [-0.25, -0.2) is 4.98 Å². The molecule has 2 aromatic heterocycles. The van der Waals surface area contributed by atoms with E-state index in [2.05, 4.69) is 20.5 Å². The molecule has 0 bridgehead atoms. The summed E-state index contributed by atoms with van der Waals surface area (Å²) in [5.74, 6) is 0.422. The van der Waals surface area contributed by atoms with Crippen molar-refractivity contribution in [3.05, 3.63) is 23.9 Å². The van der Waals surface area contributed by atoms with Crippen LogP contribution in [0.2, 0.25) is 0 Å². The lowest BCUT2D eigenvalue weighted by molar-refractivity contribution is -0.115. The van der Waals surface area contributed by atoms with Crippen molar-refractivity contribution < 1.29 is 4.79 Å². The average molecular weight is 295 g/mol. The van der Waals surface area contributed by atoms with Crippen molar-refractivity contribution in [3.63, 3.8) is 0 Å². The van der Waals surface area contributed by atoms with Crippen molar-refractivity contribution in [2.24, 2.45) is 0 Å². The van der Waals surface area contributed by atoms with Crippen molar-refractivity contribution in [1.82, 2.24) is 15.2 Å². The van der Waals surface area contributed by atoms with Gasteiger partial charge in [-0.3, -0.25) is 4.79 Å². The predicted octanol–water partition coefficient (Wildman–Crippen LogP) is 1.94. The third-order valence-corrected chi connectivity index (χ3v) is 4.15. The molecule has 0 spiro atoms. The standard InChI is InChI=1S/C11H13N5OS2/c1-6-4-3-5-8(13-6)14-9(17)7(2)18-11-16-15-10(12)19-11/h3-5,7H,1-2H3,(H2,12,15)(H,13,14,17). The highest BCUT2D eigenvalue weighted by atomic mass is 32.2. The summed E-state index contributed by atoms with van der Waals surface area (Å²) < 4.78 is 0.678. The molecule has 19 heavy (non-hydrogen) atoms. The Morgan fingerprint density at radius 1 is 1.47 bits per heavy atom. The summed E-state index contributed by atoms with van der Waals surface area (Å²) in [6.45, 7) is 3.67. The molecule has 6 nitrogen and oxygen atoms in total. The fraction of sp³-hybridized carbons (Fsp3) is 0.273. The Kier molecular flexibility index (Phi) is 4.33. The van der Waals surface area contributed by atoms with E-state index in [1.165, 1.54) is 23.1 Å². The van der Waals surface area contributed by atoms with Crippen LogP contribution in [-0.4, -0.2) is 26.3 Å². The van der Waals surface area contributed by atoms with Crippen LogP contribution in [0, 0.1) is 6.92 Å². The van der Waals surface area contributed by atoms with Crippen LogP contribution in [0.4, 0.5) is 10.9 Å². The molecule has 0 radical (unpaired) electrons. The highest BCUT2D eigenvalue weighted by Gasteiger charge is 2.17. The molecule has 0 saturated carbocycles. The first-order valence-electron chi connectivity index (χ1n) is 5.55. The summed E-state index contributed by atoms with van der Waals surface area (Å²) in [7, 11) is 0. The maximum Gasteiger partial charge on any atom is 0.238 e. The first-order valence-corrected chi connectivity index (χ1v) is 7.24. The number of anilines is 2. The van der Waals surface area contributed by atoms with Crippen molar-refractivity contribution >= 4 is 40.0 Å². The fourth-order valence-corrected chi connectivity index (χ4v) is 3.09. The van der Waals surface area contributed by atoms with Gasteiger partial charge >= 0.3 is 0 Å². The largest absolute Gasteiger partial charge is 0.374 e. The van der Waals surface area contributed by atoms with Gasteiger partial charge in [0.25, 0.3) is 0 Å². The zero-order chi connectivity index (χ0) is 13.8. The Hall–Kier alpha value is -1.67. The Morgan fingerprint density at radius 3 is 2.89 bits per heavy atom. The quantitative estimate of drug-likeness (QED) is 0.837. The molecule has 8 heteroatoms. The van der Waals surface area contributed by atoms with E-state index < -0.39 is 0 Å². The summed E-state index contributed by atoms with van der Waals surface area (Å²) in [4.78, 5) is 16.2. The molecular formula is C11H13N5OS2. The Morgan fingerprint density at radius 2 is 2.26 bits per heavy atom. The molecule has 1 unspecified atom stereocenters. The van der Waals surface area contributed by atoms with Gasteiger partial charge in [-0.15, -0.1) is 10.2 Å². The number of rotatable bonds is 4. The van der Waals surface area contributed by atoms with Crippen molar-refractivity contribution in [3.8, 4) is 0 Å². The molecule has 1 atom stereocenters. The zero-order valence-electron chi connectivity index (χ0n) is 10.5. The Bertz CT molecular complexity index is 586. The molecule has 2 aromatic rings. The molecule has 0 saturated heterocycles. The summed E-state index contributed by atoms with van der Waals surface area (Å²) in [5, 5.41) is 10.4. The number of carbonyl (C=O) groups excluding carboxylic acids is 1. The topological polar surface area (TPSA) is 93.8 Å². The van der Waals surface area contributed by atoms with E-state index in [0.29, 0.717) is 15.3 Å². The first kappa shape index (κ1) is 13.8. The molecular weight excluding hydrogens is 282 g/mol. The Balaban J connectivity index is 1.96. The number of pyridine rings is 1. The maximum atomic E-state index is 12.0. The number of nitrogens with zero attached hydrogens (tertiary/aromatic N) is 3. The van der Waals surface area contributed by atoms with Gasteiger partial charge in [0.15, 0.2) is 4.34 Å². The highest BCUT2D eigenvalue weighted by Crippen LogP contribution is 2.27. The average Bonchev–Trinajstić information content (AvgIpc) is 2.74. The second-order valence-corrected chi connectivity index (χ2v) is 6.42. The van der Waals surface area contributed by atoms with E-state index in [9.17, 15) is 4.79 Å². The van der Waals surface area contributed by atoms with Crippen molar-refractivity contribution in [1.29, 1.82) is 0 Å². The van der Waals surface area contributed by atoms with Gasteiger partial charge in [0, 0.05) is 5.69 Å². The molecule has 0 fully saturated rings. The van der Waals surface area contributed by atoms with Crippen LogP contribution in [0.1, 0.15) is 12.6 Å². The molecule has 2 rings (SSSR count). The lowest BCUT2D eigenvalue weighted by atomic mass is 10.3. The summed E-state index contributed by atoms with van der Waals surface area (Å²) in [6.07, 6.45) is 0. The van der Waals surface area contributed by atoms with Crippen LogP contribution in [-0.2, 0) is 4.79 Å². The van der Waals surface area contributed by atoms with Crippen LogP contribution < -0.4 is 11.1 Å². The Labute approximate surface area is 118 Å². The molecule has 0 aliphatic carbocycles. The van der Waals surface area contributed by atoms with Crippen LogP contribution >= 0.6 is 23.1 Å². The second kappa shape index (κ2) is 5.98. The monoisotopic (exact) mass is 295 g/mol. The lowest BCUT2D eigenvalue weighted by Gasteiger charge is -2.09. The minimum atomic E-state index is -0.297. The molecule has 3 N–H and O–H groups in total. The van der Waals surface area contributed by atoms with Gasteiger partial charge in [-0.05, 0) is 26.0 Å². The SMILES string of the molecule is Cc1cccc(NC(=O)C(C)Sc2nnc(N)s2)n1. The minimum absolute atomic E-state index is 0.128. The number of carbonyl (C=O) groups is 1. The van der Waals surface area contributed by atoms with E-state index >= 15 is 0 Å². The van der Waals surface area contributed by atoms with Crippen molar-refractivity contribution in [2.45, 2.75) is 23.4 Å². The molecule has 2 heterocycles. The summed E-state index contributed by atoms with van der Waals surface area (Å²) >= 11 is 2.59. The third kappa shape index (κ3) is 3.90. The summed E-state index contributed by atoms with van der Waals surface area (Å²) in [6, 6.07) is 5.48. The van der Waals surface area contributed by atoms with Crippen LogP contribution in [0.25, 0.3) is 0 Å². The van der Waals surface area contributed by atoms with Crippen LogP contribution in [0.5, 0.6) is 0 Å². The number of aromatic nitrogens is 3. The van der Waals surface area contributed by atoms with E-state index in [4.69, 9.17) is 5.73 Å². The van der Waals surface area contributed by atoms with E-state index in [1.54, 1.807) is 13.0 Å². The zero-order valence-corrected chi connectivity index (χ0v) is 12.1. The normalized spacial score (nSPS) is 12.1.